The van der Waals surface area contributed by atoms with Crippen molar-refractivity contribution < 1.29 is 8.78 Å². The van der Waals surface area contributed by atoms with Crippen molar-refractivity contribution in [3.05, 3.63) is 59.9 Å². The van der Waals surface area contributed by atoms with Crippen molar-refractivity contribution >= 4 is 23.0 Å². The van der Waals surface area contributed by atoms with Gasteiger partial charge >= 0.3 is 0 Å². The van der Waals surface area contributed by atoms with Crippen molar-refractivity contribution in [1.82, 2.24) is 10.3 Å². The molecule has 2 aromatic rings. The van der Waals surface area contributed by atoms with Gasteiger partial charge in [-0.15, -0.1) is 0 Å². The fourth-order valence-corrected chi connectivity index (χ4v) is 3.40. The predicted octanol–water partition coefficient (Wildman–Crippen LogP) is 4.12. The van der Waals surface area contributed by atoms with Crippen LogP contribution in [0.1, 0.15) is 31.2 Å². The molecule has 23 heavy (non-hydrogen) atoms. The molecule has 1 saturated carbocycles. The molecule has 0 spiro atoms. The zero-order valence-electron chi connectivity index (χ0n) is 12.5. The van der Waals surface area contributed by atoms with Gasteiger partial charge in [0.25, 0.3) is 0 Å². The molecular formula is C17H17F2N3S. The third-order valence-corrected chi connectivity index (χ3v) is 4.43. The molecule has 3 nitrogen and oxygen atoms in total. The number of aromatic nitrogens is 1. The first-order valence-electron chi connectivity index (χ1n) is 7.54. The number of halogens is 2. The minimum absolute atomic E-state index is 0.159. The lowest BCUT2D eigenvalue weighted by Gasteiger charge is -2.32. The highest BCUT2D eigenvalue weighted by Gasteiger charge is 2.36. The Bertz CT molecular complexity index is 700. The summed E-state index contributed by atoms with van der Waals surface area (Å²) in [5.41, 5.74) is 1.02. The van der Waals surface area contributed by atoms with Crippen molar-refractivity contribution in [2.24, 2.45) is 0 Å². The maximum Gasteiger partial charge on any atom is 0.171 e. The first-order chi connectivity index (χ1) is 11.1. The summed E-state index contributed by atoms with van der Waals surface area (Å²) in [6.45, 7) is 0. The van der Waals surface area contributed by atoms with E-state index in [2.05, 4.69) is 15.6 Å². The Kier molecular flexibility index (Phi) is 4.52. The summed E-state index contributed by atoms with van der Waals surface area (Å²) in [4.78, 5) is 4.05. The minimum Gasteiger partial charge on any atom is -0.353 e. The number of hydrogen-bond acceptors (Lipinski definition) is 2. The Morgan fingerprint density at radius 1 is 1.09 bits per heavy atom. The molecule has 120 valence electrons. The van der Waals surface area contributed by atoms with Gasteiger partial charge in [0.1, 0.15) is 11.6 Å². The third-order valence-electron chi connectivity index (χ3n) is 4.22. The summed E-state index contributed by atoms with van der Waals surface area (Å²) in [5.74, 6) is -1.28. The van der Waals surface area contributed by atoms with Gasteiger partial charge < -0.3 is 10.6 Å². The number of benzene rings is 1. The van der Waals surface area contributed by atoms with Gasteiger partial charge in [-0.25, -0.2) is 8.78 Å². The monoisotopic (exact) mass is 333 g/mol. The molecule has 3 rings (SSSR count). The molecule has 1 aromatic carbocycles. The lowest BCUT2D eigenvalue weighted by Crippen LogP contribution is -2.45. The van der Waals surface area contributed by atoms with Gasteiger partial charge in [0.15, 0.2) is 5.11 Å². The fraction of sp³-hybridized carbons (Fsp3) is 0.294. The number of nitrogens with zero attached hydrogens (tertiary/aromatic N) is 1. The van der Waals surface area contributed by atoms with Crippen LogP contribution in [0.2, 0.25) is 0 Å². The molecule has 0 amide bonds. The Morgan fingerprint density at radius 2 is 1.78 bits per heavy atom. The predicted molar refractivity (Wildman–Crippen MR) is 90.1 cm³/mol. The number of pyridine rings is 1. The van der Waals surface area contributed by atoms with Crippen LogP contribution in [0.3, 0.4) is 0 Å². The van der Waals surface area contributed by atoms with Crippen LogP contribution in [0.25, 0.3) is 0 Å². The average Bonchev–Trinajstić information content (AvgIpc) is 3.01. The molecule has 1 fully saturated rings. The molecule has 0 radical (unpaired) electrons. The topological polar surface area (TPSA) is 37.0 Å². The Hall–Kier alpha value is -2.08. The normalized spacial score (nSPS) is 16.1. The van der Waals surface area contributed by atoms with Crippen LogP contribution < -0.4 is 10.6 Å². The number of hydrogen-bond donors (Lipinski definition) is 2. The summed E-state index contributed by atoms with van der Waals surface area (Å²) in [6, 6.07) is 7.31. The van der Waals surface area contributed by atoms with Gasteiger partial charge in [0, 0.05) is 18.5 Å². The Labute approximate surface area is 139 Å². The van der Waals surface area contributed by atoms with E-state index in [1.54, 1.807) is 12.4 Å². The maximum atomic E-state index is 13.7. The van der Waals surface area contributed by atoms with Crippen LogP contribution in [-0.2, 0) is 5.54 Å². The quantitative estimate of drug-likeness (QED) is 0.829. The van der Waals surface area contributed by atoms with E-state index in [1.165, 1.54) is 12.1 Å². The summed E-state index contributed by atoms with van der Waals surface area (Å²) in [7, 11) is 0. The van der Waals surface area contributed by atoms with Gasteiger partial charge in [0.05, 0.1) is 11.2 Å². The molecule has 0 aliphatic heterocycles. The van der Waals surface area contributed by atoms with E-state index in [-0.39, 0.29) is 11.2 Å². The van der Waals surface area contributed by atoms with Gasteiger partial charge in [-0.05, 0) is 54.9 Å². The lowest BCUT2D eigenvalue weighted by molar-refractivity contribution is 0.408. The van der Waals surface area contributed by atoms with E-state index in [4.69, 9.17) is 12.2 Å². The highest BCUT2D eigenvalue weighted by atomic mass is 32.1. The second-order valence-corrected chi connectivity index (χ2v) is 6.14. The molecule has 0 atom stereocenters. The second kappa shape index (κ2) is 6.58. The minimum atomic E-state index is -0.668. The lowest BCUT2D eigenvalue weighted by atomic mass is 9.89. The van der Waals surface area contributed by atoms with Crippen LogP contribution >= 0.6 is 12.2 Å². The van der Waals surface area contributed by atoms with Crippen LogP contribution in [0.4, 0.5) is 14.5 Å². The fourth-order valence-electron chi connectivity index (χ4n) is 3.10. The van der Waals surface area contributed by atoms with Crippen molar-refractivity contribution in [2.45, 2.75) is 31.2 Å². The summed E-state index contributed by atoms with van der Waals surface area (Å²) < 4.78 is 26.7. The van der Waals surface area contributed by atoms with Gasteiger partial charge in [0.2, 0.25) is 0 Å². The molecule has 1 aliphatic carbocycles. The number of nitrogens with one attached hydrogen (secondary N) is 2. The number of rotatable bonds is 3. The highest BCUT2D eigenvalue weighted by molar-refractivity contribution is 7.80. The van der Waals surface area contributed by atoms with Crippen molar-refractivity contribution in [3.63, 3.8) is 0 Å². The van der Waals surface area contributed by atoms with E-state index in [9.17, 15) is 8.78 Å². The van der Waals surface area contributed by atoms with Crippen LogP contribution in [-0.4, -0.2) is 10.1 Å². The number of thiocarbonyl (C=S) groups is 1. The first-order valence-corrected chi connectivity index (χ1v) is 7.95. The molecule has 1 heterocycles. The zero-order chi connectivity index (χ0) is 16.3. The van der Waals surface area contributed by atoms with E-state index >= 15 is 0 Å². The van der Waals surface area contributed by atoms with Crippen molar-refractivity contribution in [3.8, 4) is 0 Å². The molecule has 2 N–H and O–H groups in total. The first kappa shape index (κ1) is 15.8. The molecule has 0 bridgehead atoms. The second-order valence-electron chi connectivity index (χ2n) is 5.73. The molecular weight excluding hydrogens is 316 g/mol. The average molecular weight is 333 g/mol. The SMILES string of the molecule is Fc1ccc(NC(=S)NC2(c3ccncc3)CCCC2)c(F)c1. The van der Waals surface area contributed by atoms with E-state index in [1.807, 2.05) is 12.1 Å². The smallest absolute Gasteiger partial charge is 0.171 e. The molecule has 0 unspecified atom stereocenters. The Balaban J connectivity index is 1.77. The molecule has 1 aromatic heterocycles. The van der Waals surface area contributed by atoms with E-state index in [0.717, 1.165) is 37.3 Å². The molecule has 1 aliphatic rings. The van der Waals surface area contributed by atoms with Gasteiger partial charge in [-0.2, -0.15) is 0 Å². The summed E-state index contributed by atoms with van der Waals surface area (Å²) in [5, 5.41) is 6.48. The van der Waals surface area contributed by atoms with E-state index in [0.29, 0.717) is 5.11 Å². The molecule has 0 saturated heterocycles. The third kappa shape index (κ3) is 3.47. The van der Waals surface area contributed by atoms with Gasteiger partial charge in [-0.3, -0.25) is 4.98 Å². The summed E-state index contributed by atoms with van der Waals surface area (Å²) in [6.07, 6.45) is 7.61. The Morgan fingerprint density at radius 3 is 2.43 bits per heavy atom. The standard InChI is InChI=1S/C17H17F2N3S/c18-13-3-4-15(14(19)11-13)21-16(23)22-17(7-1-2-8-17)12-5-9-20-10-6-12/h3-6,9-11H,1-2,7-8H2,(H2,21,22,23). The van der Waals surface area contributed by atoms with Crippen LogP contribution in [0, 0.1) is 11.6 Å². The van der Waals surface area contributed by atoms with Crippen LogP contribution in [0.15, 0.2) is 42.7 Å². The number of anilines is 1. The van der Waals surface area contributed by atoms with E-state index < -0.39 is 11.6 Å². The largest absolute Gasteiger partial charge is 0.353 e. The highest BCUT2D eigenvalue weighted by Crippen LogP contribution is 2.38. The van der Waals surface area contributed by atoms with Crippen molar-refractivity contribution in [2.75, 3.05) is 5.32 Å². The zero-order valence-corrected chi connectivity index (χ0v) is 13.3. The van der Waals surface area contributed by atoms with Crippen LogP contribution in [0.5, 0.6) is 0 Å². The maximum absolute atomic E-state index is 13.7. The van der Waals surface area contributed by atoms with Crippen molar-refractivity contribution in [1.29, 1.82) is 0 Å². The van der Waals surface area contributed by atoms with Gasteiger partial charge in [-0.1, -0.05) is 12.8 Å². The summed E-state index contributed by atoms with van der Waals surface area (Å²) >= 11 is 5.34. The molecule has 6 heteroatoms.